The van der Waals surface area contributed by atoms with E-state index in [2.05, 4.69) is 26.2 Å². The number of oxazole rings is 1. The molecule has 1 aromatic heterocycles. The van der Waals surface area contributed by atoms with Crippen LogP contribution >= 0.6 is 15.9 Å². The van der Waals surface area contributed by atoms with E-state index >= 15 is 0 Å². The van der Waals surface area contributed by atoms with Crippen LogP contribution in [-0.4, -0.2) is 40.7 Å². The van der Waals surface area contributed by atoms with Gasteiger partial charge in [0, 0.05) is 24.1 Å². The fourth-order valence-corrected chi connectivity index (χ4v) is 2.73. The van der Waals surface area contributed by atoms with Crippen LogP contribution in [0.25, 0.3) is 11.1 Å². The summed E-state index contributed by atoms with van der Waals surface area (Å²) in [6.07, 6.45) is 0.0182. The Labute approximate surface area is 123 Å². The summed E-state index contributed by atoms with van der Waals surface area (Å²) in [5, 5.41) is 12.1. The van der Waals surface area contributed by atoms with E-state index in [0.717, 1.165) is 22.0 Å². The number of hydrogen-bond donors (Lipinski definition) is 2. The van der Waals surface area contributed by atoms with Gasteiger partial charge in [0.2, 0.25) is 0 Å². The van der Waals surface area contributed by atoms with E-state index in [0.29, 0.717) is 31.6 Å². The number of anilines is 1. The highest BCUT2D eigenvalue weighted by molar-refractivity contribution is 9.10. The molecule has 7 heteroatoms. The molecule has 1 amide bonds. The largest absolute Gasteiger partial charge is 0.465 e. The minimum absolute atomic E-state index is 0.299. The monoisotopic (exact) mass is 339 g/mol. The van der Waals surface area contributed by atoms with Gasteiger partial charge < -0.3 is 19.7 Å². The van der Waals surface area contributed by atoms with E-state index in [4.69, 9.17) is 9.52 Å². The summed E-state index contributed by atoms with van der Waals surface area (Å²) >= 11 is 3.39. The Kier molecular flexibility index (Phi) is 3.52. The number of fused-ring (bicyclic) bond motifs is 1. The average molecular weight is 340 g/mol. The molecule has 0 bridgehead atoms. The number of aromatic nitrogens is 1. The number of carboxylic acid groups (broad SMARTS) is 1. The van der Waals surface area contributed by atoms with Crippen LogP contribution < -0.4 is 5.32 Å². The first-order valence-corrected chi connectivity index (χ1v) is 7.19. The predicted octanol–water partition coefficient (Wildman–Crippen LogP) is 3.00. The molecule has 3 rings (SSSR count). The fraction of sp³-hybridized carbons (Fsp3) is 0.385. The Morgan fingerprint density at radius 2 is 2.45 bits per heavy atom. The van der Waals surface area contributed by atoms with Crippen molar-refractivity contribution in [3.8, 4) is 0 Å². The molecule has 2 N–H and O–H groups in total. The smallest absolute Gasteiger partial charge is 0.407 e. The first-order valence-electron chi connectivity index (χ1n) is 6.39. The second-order valence-corrected chi connectivity index (χ2v) is 5.81. The van der Waals surface area contributed by atoms with Gasteiger partial charge in [-0.05, 0) is 30.5 Å². The SMILES string of the molecule is O=C(O)N1CC[C@@H](CNc2nc3cc(Br)ccc3o2)C1. The van der Waals surface area contributed by atoms with E-state index in [-0.39, 0.29) is 0 Å². The second kappa shape index (κ2) is 5.32. The normalized spacial score (nSPS) is 18.6. The molecule has 2 heterocycles. The number of halogens is 1. The number of hydrogen-bond acceptors (Lipinski definition) is 4. The van der Waals surface area contributed by atoms with E-state index in [1.54, 1.807) is 0 Å². The Balaban J connectivity index is 1.61. The Morgan fingerprint density at radius 1 is 1.60 bits per heavy atom. The van der Waals surface area contributed by atoms with Crippen LogP contribution in [0.3, 0.4) is 0 Å². The van der Waals surface area contributed by atoms with Crippen molar-refractivity contribution in [2.75, 3.05) is 25.0 Å². The molecule has 1 aliphatic heterocycles. The van der Waals surface area contributed by atoms with Crippen LogP contribution in [0.4, 0.5) is 10.8 Å². The lowest BCUT2D eigenvalue weighted by Crippen LogP contribution is -2.27. The zero-order valence-electron chi connectivity index (χ0n) is 10.7. The highest BCUT2D eigenvalue weighted by Crippen LogP contribution is 2.23. The van der Waals surface area contributed by atoms with Crippen LogP contribution in [0.5, 0.6) is 0 Å². The number of likely N-dealkylation sites (tertiary alicyclic amines) is 1. The number of nitrogens with one attached hydrogen (secondary N) is 1. The molecule has 20 heavy (non-hydrogen) atoms. The first kappa shape index (κ1) is 13.2. The minimum atomic E-state index is -0.848. The Morgan fingerprint density at radius 3 is 3.20 bits per heavy atom. The van der Waals surface area contributed by atoms with Crippen LogP contribution in [0.1, 0.15) is 6.42 Å². The zero-order chi connectivity index (χ0) is 14.1. The predicted molar refractivity (Wildman–Crippen MR) is 77.9 cm³/mol. The summed E-state index contributed by atoms with van der Waals surface area (Å²) in [7, 11) is 0. The number of amides is 1. The second-order valence-electron chi connectivity index (χ2n) is 4.90. The molecule has 0 unspecified atom stereocenters. The van der Waals surface area contributed by atoms with Crippen molar-refractivity contribution in [1.29, 1.82) is 0 Å². The molecule has 1 atom stereocenters. The summed E-state index contributed by atoms with van der Waals surface area (Å²) < 4.78 is 6.54. The standard InChI is InChI=1S/C13H14BrN3O3/c14-9-1-2-11-10(5-9)16-12(20-11)15-6-8-3-4-17(7-8)13(18)19/h1-2,5,8H,3-4,6-7H2,(H,15,16)(H,18,19)/t8-/m0/s1. The van der Waals surface area contributed by atoms with Crippen molar-refractivity contribution in [1.82, 2.24) is 9.88 Å². The number of rotatable bonds is 3. The molecule has 0 spiro atoms. The molecule has 0 saturated carbocycles. The zero-order valence-corrected chi connectivity index (χ0v) is 12.3. The van der Waals surface area contributed by atoms with Gasteiger partial charge >= 0.3 is 6.09 Å². The van der Waals surface area contributed by atoms with Gasteiger partial charge in [0.05, 0.1) is 0 Å². The minimum Gasteiger partial charge on any atom is -0.465 e. The molecular formula is C13H14BrN3O3. The summed E-state index contributed by atoms with van der Waals surface area (Å²) in [6, 6.07) is 6.14. The van der Waals surface area contributed by atoms with Crippen molar-refractivity contribution < 1.29 is 14.3 Å². The van der Waals surface area contributed by atoms with Crippen molar-refractivity contribution >= 4 is 39.1 Å². The van der Waals surface area contributed by atoms with Gasteiger partial charge in [0.15, 0.2) is 5.58 Å². The van der Waals surface area contributed by atoms with E-state index in [1.807, 2.05) is 18.2 Å². The summed E-state index contributed by atoms with van der Waals surface area (Å²) in [6.45, 7) is 1.83. The highest BCUT2D eigenvalue weighted by atomic mass is 79.9. The van der Waals surface area contributed by atoms with Gasteiger partial charge in [-0.25, -0.2) is 4.79 Å². The highest BCUT2D eigenvalue weighted by Gasteiger charge is 2.25. The first-order chi connectivity index (χ1) is 9.61. The van der Waals surface area contributed by atoms with Gasteiger partial charge in [0.25, 0.3) is 6.01 Å². The maximum atomic E-state index is 10.8. The van der Waals surface area contributed by atoms with Crippen LogP contribution in [0, 0.1) is 5.92 Å². The molecule has 2 aromatic rings. The van der Waals surface area contributed by atoms with Gasteiger partial charge in [-0.1, -0.05) is 15.9 Å². The number of carbonyl (C=O) groups is 1. The molecule has 0 radical (unpaired) electrons. The maximum absolute atomic E-state index is 10.8. The molecule has 0 aliphatic carbocycles. The number of nitrogens with zero attached hydrogens (tertiary/aromatic N) is 2. The topological polar surface area (TPSA) is 78.6 Å². The summed E-state index contributed by atoms with van der Waals surface area (Å²) in [5.41, 5.74) is 1.52. The van der Waals surface area contributed by atoms with Crippen molar-refractivity contribution in [3.63, 3.8) is 0 Å². The maximum Gasteiger partial charge on any atom is 0.407 e. The van der Waals surface area contributed by atoms with Crippen molar-refractivity contribution in [3.05, 3.63) is 22.7 Å². The molecule has 6 nitrogen and oxygen atoms in total. The van der Waals surface area contributed by atoms with E-state index in [9.17, 15) is 4.79 Å². The lowest BCUT2D eigenvalue weighted by molar-refractivity contribution is 0.154. The average Bonchev–Trinajstić information content (AvgIpc) is 3.01. The number of benzene rings is 1. The van der Waals surface area contributed by atoms with Gasteiger partial charge in [-0.15, -0.1) is 0 Å². The molecular weight excluding hydrogens is 326 g/mol. The lowest BCUT2D eigenvalue weighted by atomic mass is 10.1. The lowest BCUT2D eigenvalue weighted by Gasteiger charge is -2.12. The fourth-order valence-electron chi connectivity index (χ4n) is 2.38. The van der Waals surface area contributed by atoms with Crippen LogP contribution in [-0.2, 0) is 0 Å². The molecule has 1 saturated heterocycles. The molecule has 106 valence electrons. The van der Waals surface area contributed by atoms with Crippen molar-refractivity contribution in [2.24, 2.45) is 5.92 Å². The van der Waals surface area contributed by atoms with Crippen LogP contribution in [0.15, 0.2) is 27.1 Å². The third-order valence-electron chi connectivity index (χ3n) is 3.45. The quantitative estimate of drug-likeness (QED) is 0.898. The van der Waals surface area contributed by atoms with Gasteiger partial charge in [-0.3, -0.25) is 0 Å². The van der Waals surface area contributed by atoms with E-state index in [1.165, 1.54) is 4.90 Å². The third-order valence-corrected chi connectivity index (χ3v) is 3.94. The summed E-state index contributed by atoms with van der Waals surface area (Å²) in [5.74, 6) is 0.299. The molecule has 1 aliphatic rings. The third kappa shape index (κ3) is 2.72. The van der Waals surface area contributed by atoms with Gasteiger partial charge in [-0.2, -0.15) is 4.98 Å². The Bertz CT molecular complexity index is 643. The van der Waals surface area contributed by atoms with Crippen LogP contribution in [0.2, 0.25) is 0 Å². The van der Waals surface area contributed by atoms with Crippen molar-refractivity contribution in [2.45, 2.75) is 6.42 Å². The van der Waals surface area contributed by atoms with Gasteiger partial charge in [0.1, 0.15) is 5.52 Å². The molecule has 1 fully saturated rings. The van der Waals surface area contributed by atoms with E-state index < -0.39 is 6.09 Å². The summed E-state index contributed by atoms with van der Waals surface area (Å²) in [4.78, 5) is 16.6. The Hall–Kier alpha value is -1.76. The molecule has 1 aromatic carbocycles.